The van der Waals surface area contributed by atoms with Crippen molar-refractivity contribution in [2.45, 2.75) is 6.92 Å². The van der Waals surface area contributed by atoms with E-state index in [-0.39, 0.29) is 0 Å². The molecule has 0 unspecified atom stereocenters. The molecule has 3 rings (SSSR count). The molecule has 0 atom stereocenters. The summed E-state index contributed by atoms with van der Waals surface area (Å²) in [6, 6.07) is 11.6. The highest BCUT2D eigenvalue weighted by atomic mass is 79.9. The Labute approximate surface area is 113 Å². The monoisotopic (exact) mass is 302 g/mol. The van der Waals surface area contributed by atoms with Gasteiger partial charge in [-0.15, -0.1) is 5.10 Å². The summed E-state index contributed by atoms with van der Waals surface area (Å²) in [5.41, 5.74) is 9.26. The van der Waals surface area contributed by atoms with Crippen LogP contribution >= 0.6 is 15.9 Å². The van der Waals surface area contributed by atoms with Crippen molar-refractivity contribution in [2.75, 3.05) is 5.73 Å². The SMILES string of the molecule is Cc1c(N)ccc2nc(-c3cccc(Br)c3)nn12. The molecule has 0 saturated carbocycles. The number of aromatic nitrogens is 3. The number of anilines is 1. The summed E-state index contributed by atoms with van der Waals surface area (Å²) < 4.78 is 2.78. The molecule has 0 radical (unpaired) electrons. The Morgan fingerprint density at radius 1 is 1.22 bits per heavy atom. The van der Waals surface area contributed by atoms with Crippen molar-refractivity contribution >= 4 is 27.3 Å². The van der Waals surface area contributed by atoms with E-state index in [1.54, 1.807) is 4.52 Å². The van der Waals surface area contributed by atoms with Crippen molar-refractivity contribution in [2.24, 2.45) is 0 Å². The molecule has 0 aliphatic heterocycles. The maximum absolute atomic E-state index is 5.86. The molecule has 0 aliphatic rings. The molecule has 2 heterocycles. The van der Waals surface area contributed by atoms with Crippen LogP contribution in [-0.4, -0.2) is 14.6 Å². The number of halogens is 1. The topological polar surface area (TPSA) is 56.2 Å². The zero-order valence-electron chi connectivity index (χ0n) is 9.76. The van der Waals surface area contributed by atoms with Gasteiger partial charge in [-0.1, -0.05) is 28.1 Å². The van der Waals surface area contributed by atoms with Gasteiger partial charge in [-0.05, 0) is 31.2 Å². The number of aryl methyl sites for hydroxylation is 1. The fourth-order valence-electron chi connectivity index (χ4n) is 1.84. The lowest BCUT2D eigenvalue weighted by Gasteiger charge is -2.00. The lowest BCUT2D eigenvalue weighted by molar-refractivity contribution is 0.922. The highest BCUT2D eigenvalue weighted by Gasteiger charge is 2.09. The van der Waals surface area contributed by atoms with E-state index in [9.17, 15) is 0 Å². The maximum Gasteiger partial charge on any atom is 0.182 e. The molecule has 0 fully saturated rings. The Kier molecular flexibility index (Phi) is 2.56. The van der Waals surface area contributed by atoms with Gasteiger partial charge in [0.1, 0.15) is 0 Å². The Bertz CT molecular complexity index is 733. The second kappa shape index (κ2) is 4.10. The molecule has 3 aromatic rings. The normalized spacial score (nSPS) is 11.0. The molecular formula is C13H11BrN4. The van der Waals surface area contributed by atoms with Crippen LogP contribution in [0.4, 0.5) is 5.69 Å². The molecule has 4 nitrogen and oxygen atoms in total. The fraction of sp³-hybridized carbons (Fsp3) is 0.0769. The zero-order chi connectivity index (χ0) is 12.7. The van der Waals surface area contributed by atoms with Gasteiger partial charge < -0.3 is 5.73 Å². The van der Waals surface area contributed by atoms with Crippen molar-refractivity contribution < 1.29 is 0 Å². The smallest absolute Gasteiger partial charge is 0.182 e. The molecule has 2 N–H and O–H groups in total. The number of nitrogens with zero attached hydrogens (tertiary/aromatic N) is 3. The number of hydrogen-bond acceptors (Lipinski definition) is 3. The summed E-state index contributed by atoms with van der Waals surface area (Å²) in [6.07, 6.45) is 0. The number of nitrogens with two attached hydrogens (primary N) is 1. The average Bonchev–Trinajstić information content (AvgIpc) is 2.79. The van der Waals surface area contributed by atoms with Crippen molar-refractivity contribution in [1.82, 2.24) is 14.6 Å². The van der Waals surface area contributed by atoms with Gasteiger partial charge in [-0.2, -0.15) is 0 Å². The molecule has 0 aliphatic carbocycles. The minimum Gasteiger partial charge on any atom is -0.397 e. The van der Waals surface area contributed by atoms with Gasteiger partial charge in [0.25, 0.3) is 0 Å². The maximum atomic E-state index is 5.86. The summed E-state index contributed by atoms with van der Waals surface area (Å²) in [4.78, 5) is 4.50. The first kappa shape index (κ1) is 11.2. The lowest BCUT2D eigenvalue weighted by atomic mass is 10.2. The van der Waals surface area contributed by atoms with E-state index < -0.39 is 0 Å². The van der Waals surface area contributed by atoms with Crippen LogP contribution in [0.1, 0.15) is 5.69 Å². The predicted molar refractivity (Wildman–Crippen MR) is 75.3 cm³/mol. The standard InChI is InChI=1S/C13H11BrN4/c1-8-11(15)5-6-12-16-13(17-18(8)12)9-3-2-4-10(14)7-9/h2-7H,15H2,1H3. The summed E-state index contributed by atoms with van der Waals surface area (Å²) in [6.45, 7) is 1.93. The summed E-state index contributed by atoms with van der Waals surface area (Å²) in [7, 11) is 0. The average molecular weight is 303 g/mol. The number of pyridine rings is 1. The van der Waals surface area contributed by atoms with Crippen LogP contribution in [0.25, 0.3) is 17.0 Å². The molecule has 18 heavy (non-hydrogen) atoms. The molecule has 5 heteroatoms. The number of hydrogen-bond donors (Lipinski definition) is 1. The number of nitrogen functional groups attached to an aromatic ring is 1. The summed E-state index contributed by atoms with van der Waals surface area (Å²) in [5, 5.41) is 4.49. The predicted octanol–water partition coefficient (Wildman–Crippen LogP) is 3.05. The first-order valence-corrected chi connectivity index (χ1v) is 6.32. The molecule has 90 valence electrons. The van der Waals surface area contributed by atoms with Gasteiger partial charge in [0.15, 0.2) is 11.5 Å². The molecular weight excluding hydrogens is 292 g/mol. The molecule has 2 aromatic heterocycles. The Balaban J connectivity index is 2.23. The van der Waals surface area contributed by atoms with Gasteiger partial charge in [0, 0.05) is 10.0 Å². The van der Waals surface area contributed by atoms with Crippen LogP contribution in [0.5, 0.6) is 0 Å². The molecule has 0 amide bonds. The summed E-state index contributed by atoms with van der Waals surface area (Å²) >= 11 is 3.45. The zero-order valence-corrected chi connectivity index (χ0v) is 11.3. The van der Waals surface area contributed by atoms with E-state index in [0.717, 1.165) is 21.4 Å². The van der Waals surface area contributed by atoms with E-state index in [4.69, 9.17) is 5.73 Å². The third kappa shape index (κ3) is 1.76. The Morgan fingerprint density at radius 3 is 2.83 bits per heavy atom. The highest BCUT2D eigenvalue weighted by molar-refractivity contribution is 9.10. The van der Waals surface area contributed by atoms with Crippen molar-refractivity contribution in [1.29, 1.82) is 0 Å². The minimum absolute atomic E-state index is 0.699. The van der Waals surface area contributed by atoms with Crippen LogP contribution in [0.2, 0.25) is 0 Å². The molecule has 0 spiro atoms. The van der Waals surface area contributed by atoms with Crippen LogP contribution in [0.15, 0.2) is 40.9 Å². The van der Waals surface area contributed by atoms with Crippen LogP contribution in [-0.2, 0) is 0 Å². The second-order valence-electron chi connectivity index (χ2n) is 4.09. The fourth-order valence-corrected chi connectivity index (χ4v) is 2.24. The molecule has 0 saturated heterocycles. The lowest BCUT2D eigenvalue weighted by Crippen LogP contribution is -1.98. The van der Waals surface area contributed by atoms with E-state index in [0.29, 0.717) is 11.5 Å². The number of benzene rings is 1. The first-order valence-electron chi connectivity index (χ1n) is 5.53. The second-order valence-corrected chi connectivity index (χ2v) is 5.01. The third-order valence-electron chi connectivity index (χ3n) is 2.86. The Hall–Kier alpha value is -1.88. The highest BCUT2D eigenvalue weighted by Crippen LogP contribution is 2.22. The largest absolute Gasteiger partial charge is 0.397 e. The van der Waals surface area contributed by atoms with Gasteiger partial charge in [0.2, 0.25) is 0 Å². The first-order chi connectivity index (χ1) is 8.65. The van der Waals surface area contributed by atoms with Gasteiger partial charge in [0.05, 0.1) is 11.4 Å². The van der Waals surface area contributed by atoms with Gasteiger partial charge in [-0.3, -0.25) is 0 Å². The number of fused-ring (bicyclic) bond motifs is 1. The van der Waals surface area contributed by atoms with Crippen molar-refractivity contribution in [3.63, 3.8) is 0 Å². The van der Waals surface area contributed by atoms with E-state index in [1.165, 1.54) is 0 Å². The number of rotatable bonds is 1. The molecule has 0 bridgehead atoms. The Morgan fingerprint density at radius 2 is 2.06 bits per heavy atom. The summed E-state index contributed by atoms with van der Waals surface area (Å²) in [5.74, 6) is 0.699. The van der Waals surface area contributed by atoms with Crippen molar-refractivity contribution in [3.05, 3.63) is 46.6 Å². The van der Waals surface area contributed by atoms with Crippen molar-refractivity contribution in [3.8, 4) is 11.4 Å². The van der Waals surface area contributed by atoms with Gasteiger partial charge in [-0.25, -0.2) is 9.50 Å². The van der Waals surface area contributed by atoms with Crippen LogP contribution < -0.4 is 5.73 Å². The van der Waals surface area contributed by atoms with E-state index in [2.05, 4.69) is 26.0 Å². The van der Waals surface area contributed by atoms with E-state index in [1.807, 2.05) is 43.3 Å². The van der Waals surface area contributed by atoms with Gasteiger partial charge >= 0.3 is 0 Å². The van der Waals surface area contributed by atoms with Crippen LogP contribution in [0, 0.1) is 6.92 Å². The third-order valence-corrected chi connectivity index (χ3v) is 3.36. The van der Waals surface area contributed by atoms with Crippen LogP contribution in [0.3, 0.4) is 0 Å². The quantitative estimate of drug-likeness (QED) is 0.751. The van der Waals surface area contributed by atoms with E-state index >= 15 is 0 Å². The minimum atomic E-state index is 0.699. The molecule has 1 aromatic carbocycles.